The molecule has 22 heavy (non-hydrogen) atoms. The Bertz CT molecular complexity index is 472. The maximum atomic E-state index is 12.0. The van der Waals surface area contributed by atoms with Gasteiger partial charge >= 0.3 is 5.97 Å². The summed E-state index contributed by atoms with van der Waals surface area (Å²) in [7, 11) is 0. The Hall–Kier alpha value is -1.35. The van der Waals surface area contributed by atoms with Gasteiger partial charge in [0.2, 0.25) is 0 Å². The molecule has 0 aliphatic carbocycles. The van der Waals surface area contributed by atoms with Crippen molar-refractivity contribution in [1.29, 1.82) is 0 Å². The van der Waals surface area contributed by atoms with Crippen molar-refractivity contribution in [2.75, 3.05) is 19.7 Å². The van der Waals surface area contributed by atoms with Crippen molar-refractivity contribution in [3.8, 4) is 0 Å². The van der Waals surface area contributed by atoms with Gasteiger partial charge in [-0.3, -0.25) is 9.69 Å². The minimum absolute atomic E-state index is 0.0446. The van der Waals surface area contributed by atoms with Gasteiger partial charge in [0.1, 0.15) is 0 Å². The van der Waals surface area contributed by atoms with Crippen LogP contribution in [0.15, 0.2) is 30.3 Å². The third-order valence-electron chi connectivity index (χ3n) is 5.15. The molecule has 0 amide bonds. The molecule has 3 nitrogen and oxygen atoms in total. The zero-order valence-electron chi connectivity index (χ0n) is 13.4. The molecule has 1 aromatic rings. The van der Waals surface area contributed by atoms with E-state index < -0.39 is 0 Å². The van der Waals surface area contributed by atoms with Crippen LogP contribution in [0.1, 0.15) is 44.1 Å². The molecule has 0 radical (unpaired) electrons. The Morgan fingerprint density at radius 2 is 1.91 bits per heavy atom. The number of benzene rings is 1. The molecule has 2 atom stereocenters. The molecule has 0 saturated carbocycles. The lowest BCUT2D eigenvalue weighted by Gasteiger charge is -2.44. The number of hydrogen-bond acceptors (Lipinski definition) is 3. The van der Waals surface area contributed by atoms with Crippen LogP contribution in [0.4, 0.5) is 0 Å². The van der Waals surface area contributed by atoms with Crippen molar-refractivity contribution in [3.63, 3.8) is 0 Å². The highest BCUT2D eigenvalue weighted by Gasteiger charge is 2.33. The normalized spacial score (nSPS) is 25.5. The lowest BCUT2D eigenvalue weighted by Crippen LogP contribution is -2.49. The van der Waals surface area contributed by atoms with Crippen molar-refractivity contribution in [3.05, 3.63) is 35.9 Å². The second kappa shape index (κ2) is 7.77. The Morgan fingerprint density at radius 3 is 2.77 bits per heavy atom. The van der Waals surface area contributed by atoms with Gasteiger partial charge in [0, 0.05) is 18.4 Å². The van der Waals surface area contributed by atoms with Crippen molar-refractivity contribution in [2.24, 2.45) is 5.92 Å². The van der Waals surface area contributed by atoms with Crippen molar-refractivity contribution in [1.82, 2.24) is 4.90 Å². The van der Waals surface area contributed by atoms with Crippen molar-refractivity contribution >= 4 is 5.97 Å². The van der Waals surface area contributed by atoms with Crippen LogP contribution in [0.5, 0.6) is 0 Å². The molecule has 0 spiro atoms. The summed E-state index contributed by atoms with van der Waals surface area (Å²) in [6.07, 6.45) is 7.69. The molecule has 2 saturated heterocycles. The number of ether oxygens (including phenoxy) is 1. The molecule has 0 N–H and O–H groups in total. The first-order valence-electron chi connectivity index (χ1n) is 8.76. The number of fused-ring (bicyclic) bond motifs is 1. The standard InChI is InChI=1S/C19H27NO2/c21-19(12-11-16-7-2-1-3-8-16)22-15-17-9-6-14-20-13-5-4-10-18(17)20/h1-3,7-8,17-18H,4-6,9-15H2/t17-,18+/m0/s1. The van der Waals surface area contributed by atoms with Crippen LogP contribution in [0.2, 0.25) is 0 Å². The van der Waals surface area contributed by atoms with E-state index in [0.29, 0.717) is 25.0 Å². The van der Waals surface area contributed by atoms with Crippen LogP contribution >= 0.6 is 0 Å². The van der Waals surface area contributed by atoms with Gasteiger partial charge in [0.15, 0.2) is 0 Å². The first kappa shape index (κ1) is 15.5. The monoisotopic (exact) mass is 301 g/mol. The minimum Gasteiger partial charge on any atom is -0.465 e. The summed E-state index contributed by atoms with van der Waals surface area (Å²) in [5, 5.41) is 0. The lowest BCUT2D eigenvalue weighted by molar-refractivity contribution is -0.146. The van der Waals surface area contributed by atoms with Gasteiger partial charge in [-0.05, 0) is 50.8 Å². The molecule has 2 heterocycles. The van der Waals surface area contributed by atoms with Gasteiger partial charge in [0.05, 0.1) is 6.61 Å². The molecule has 120 valence electrons. The average Bonchev–Trinajstić information content (AvgIpc) is 2.59. The summed E-state index contributed by atoms with van der Waals surface area (Å²) >= 11 is 0. The number of carbonyl (C=O) groups excluding carboxylic acids is 1. The van der Waals surface area contributed by atoms with E-state index in [-0.39, 0.29) is 5.97 Å². The summed E-state index contributed by atoms with van der Waals surface area (Å²) in [6, 6.07) is 10.8. The number of hydrogen-bond donors (Lipinski definition) is 0. The Morgan fingerprint density at radius 1 is 1.09 bits per heavy atom. The fourth-order valence-electron chi connectivity index (χ4n) is 3.93. The van der Waals surface area contributed by atoms with Gasteiger partial charge in [-0.15, -0.1) is 0 Å². The highest BCUT2D eigenvalue weighted by atomic mass is 16.5. The summed E-state index contributed by atoms with van der Waals surface area (Å²) in [5.74, 6) is 0.506. The molecule has 2 fully saturated rings. The molecule has 3 heteroatoms. The van der Waals surface area contributed by atoms with E-state index in [9.17, 15) is 4.79 Å². The summed E-state index contributed by atoms with van der Waals surface area (Å²) in [4.78, 5) is 14.6. The molecule has 0 unspecified atom stereocenters. The molecule has 1 aromatic carbocycles. The summed E-state index contributed by atoms with van der Waals surface area (Å²) in [5.41, 5.74) is 1.20. The highest BCUT2D eigenvalue weighted by molar-refractivity contribution is 5.69. The molecule has 3 rings (SSSR count). The molecular formula is C19H27NO2. The first-order chi connectivity index (χ1) is 10.8. The van der Waals surface area contributed by atoms with Crippen molar-refractivity contribution in [2.45, 2.75) is 51.0 Å². The number of esters is 1. The van der Waals surface area contributed by atoms with E-state index in [2.05, 4.69) is 17.0 Å². The number of aryl methyl sites for hydroxylation is 1. The van der Waals surface area contributed by atoms with Crippen LogP contribution in [0.3, 0.4) is 0 Å². The molecule has 2 aliphatic rings. The molecular weight excluding hydrogens is 274 g/mol. The van der Waals surface area contributed by atoms with Crippen LogP contribution < -0.4 is 0 Å². The quantitative estimate of drug-likeness (QED) is 0.780. The Kier molecular flexibility index (Phi) is 5.49. The topological polar surface area (TPSA) is 29.5 Å². The fraction of sp³-hybridized carbons (Fsp3) is 0.632. The molecule has 2 aliphatic heterocycles. The minimum atomic E-state index is -0.0446. The number of rotatable bonds is 5. The van der Waals surface area contributed by atoms with Gasteiger partial charge in [-0.2, -0.15) is 0 Å². The van der Waals surface area contributed by atoms with Gasteiger partial charge in [0.25, 0.3) is 0 Å². The van der Waals surface area contributed by atoms with E-state index in [1.54, 1.807) is 0 Å². The fourth-order valence-corrected chi connectivity index (χ4v) is 3.93. The number of carbonyl (C=O) groups is 1. The van der Waals surface area contributed by atoms with Gasteiger partial charge in [-0.1, -0.05) is 36.8 Å². The second-order valence-electron chi connectivity index (χ2n) is 6.67. The Labute approximate surface area is 133 Å². The summed E-state index contributed by atoms with van der Waals surface area (Å²) < 4.78 is 5.59. The second-order valence-corrected chi connectivity index (χ2v) is 6.67. The number of piperidine rings is 2. The third kappa shape index (κ3) is 4.10. The van der Waals surface area contributed by atoms with Gasteiger partial charge < -0.3 is 4.74 Å². The summed E-state index contributed by atoms with van der Waals surface area (Å²) in [6.45, 7) is 3.10. The van der Waals surface area contributed by atoms with Crippen LogP contribution in [0.25, 0.3) is 0 Å². The maximum Gasteiger partial charge on any atom is 0.306 e. The largest absolute Gasteiger partial charge is 0.465 e. The smallest absolute Gasteiger partial charge is 0.306 e. The van der Waals surface area contributed by atoms with Crippen LogP contribution in [-0.2, 0) is 16.0 Å². The highest BCUT2D eigenvalue weighted by Crippen LogP contribution is 2.31. The van der Waals surface area contributed by atoms with E-state index in [1.165, 1.54) is 50.8 Å². The maximum absolute atomic E-state index is 12.0. The van der Waals surface area contributed by atoms with E-state index in [0.717, 1.165) is 6.42 Å². The third-order valence-corrected chi connectivity index (χ3v) is 5.15. The zero-order valence-corrected chi connectivity index (χ0v) is 13.4. The van der Waals surface area contributed by atoms with Crippen LogP contribution in [-0.4, -0.2) is 36.6 Å². The molecule has 0 bridgehead atoms. The average molecular weight is 301 g/mol. The predicted octanol–water partition coefficient (Wildman–Crippen LogP) is 3.43. The van der Waals surface area contributed by atoms with Crippen LogP contribution in [0, 0.1) is 5.92 Å². The lowest BCUT2D eigenvalue weighted by atomic mass is 9.84. The van der Waals surface area contributed by atoms with E-state index >= 15 is 0 Å². The first-order valence-corrected chi connectivity index (χ1v) is 8.76. The van der Waals surface area contributed by atoms with Gasteiger partial charge in [-0.25, -0.2) is 0 Å². The van der Waals surface area contributed by atoms with E-state index in [1.807, 2.05) is 18.2 Å². The SMILES string of the molecule is O=C(CCc1ccccc1)OC[C@@H]1CCCN2CCCC[C@H]12. The Balaban J connectivity index is 1.42. The van der Waals surface area contributed by atoms with Crippen molar-refractivity contribution < 1.29 is 9.53 Å². The zero-order chi connectivity index (χ0) is 15.2. The molecule has 0 aromatic heterocycles. The number of nitrogens with zero attached hydrogens (tertiary/aromatic N) is 1. The predicted molar refractivity (Wildman–Crippen MR) is 87.7 cm³/mol. The van der Waals surface area contributed by atoms with E-state index in [4.69, 9.17) is 4.74 Å².